The summed E-state index contributed by atoms with van der Waals surface area (Å²) in [6.45, 7) is 8.38. The Balaban J connectivity index is 1.46. The van der Waals surface area contributed by atoms with Crippen molar-refractivity contribution in [1.29, 1.82) is 0 Å². The van der Waals surface area contributed by atoms with E-state index >= 15 is 0 Å². The van der Waals surface area contributed by atoms with Crippen LogP contribution in [-0.2, 0) is 13.0 Å². The monoisotopic (exact) mass is 290 g/mol. The van der Waals surface area contributed by atoms with Crippen LogP contribution in [0.3, 0.4) is 0 Å². The Labute approximate surface area is 126 Å². The smallest absolute Gasteiger partial charge is 0.0334 e. The van der Waals surface area contributed by atoms with Crippen LogP contribution in [0.15, 0.2) is 12.1 Å². The van der Waals surface area contributed by atoms with Crippen molar-refractivity contribution in [3.63, 3.8) is 0 Å². The average molecular weight is 290 g/mol. The summed E-state index contributed by atoms with van der Waals surface area (Å²) in [5.74, 6) is 2.67. The molecule has 0 radical (unpaired) electrons. The van der Waals surface area contributed by atoms with E-state index in [1.54, 1.807) is 9.75 Å². The van der Waals surface area contributed by atoms with E-state index in [0.29, 0.717) is 0 Å². The SMILES string of the molecule is CC(C)Cc1ccc(CN2[C@@H]3CC[C@H]2[C@H]2CNC[C@H]23)s1. The molecule has 3 aliphatic rings. The number of nitrogens with zero attached hydrogens (tertiary/aromatic N) is 1. The highest BCUT2D eigenvalue weighted by Gasteiger charge is 2.54. The van der Waals surface area contributed by atoms with Crippen molar-refractivity contribution >= 4 is 11.3 Å². The summed E-state index contributed by atoms with van der Waals surface area (Å²) < 4.78 is 0. The minimum absolute atomic E-state index is 0.773. The zero-order valence-corrected chi connectivity index (χ0v) is 13.5. The molecule has 1 aromatic heterocycles. The zero-order chi connectivity index (χ0) is 13.7. The van der Waals surface area contributed by atoms with Gasteiger partial charge in [0.05, 0.1) is 0 Å². The van der Waals surface area contributed by atoms with Crippen LogP contribution in [-0.4, -0.2) is 30.1 Å². The Kier molecular flexibility index (Phi) is 3.40. The maximum absolute atomic E-state index is 3.61. The van der Waals surface area contributed by atoms with Crippen LogP contribution in [0.5, 0.6) is 0 Å². The summed E-state index contributed by atoms with van der Waals surface area (Å²) in [5, 5.41) is 3.61. The zero-order valence-electron chi connectivity index (χ0n) is 12.6. The van der Waals surface area contributed by atoms with E-state index in [4.69, 9.17) is 0 Å². The predicted octanol–water partition coefficient (Wildman–Crippen LogP) is 3.13. The number of hydrogen-bond acceptors (Lipinski definition) is 3. The summed E-state index contributed by atoms with van der Waals surface area (Å²) in [5.41, 5.74) is 0. The standard InChI is InChI=1S/C17H26N2S/c1-11(2)7-12-3-4-13(20-12)10-19-16-5-6-17(19)15-9-18-8-14(15)16/h3-4,11,14-18H,5-10H2,1-2H3/t14-,15+,16-,17+. The third-order valence-corrected chi connectivity index (χ3v) is 6.67. The lowest BCUT2D eigenvalue weighted by Crippen LogP contribution is -2.33. The van der Waals surface area contributed by atoms with Gasteiger partial charge in [0, 0.05) is 28.4 Å². The van der Waals surface area contributed by atoms with Crippen LogP contribution in [0.1, 0.15) is 36.4 Å². The lowest BCUT2D eigenvalue weighted by Gasteiger charge is -2.23. The topological polar surface area (TPSA) is 15.3 Å². The second-order valence-corrected chi connectivity index (χ2v) is 8.59. The Morgan fingerprint density at radius 1 is 1.15 bits per heavy atom. The molecular weight excluding hydrogens is 264 g/mol. The summed E-state index contributed by atoms with van der Waals surface area (Å²) in [6, 6.07) is 6.49. The van der Waals surface area contributed by atoms with Crippen LogP contribution in [0.25, 0.3) is 0 Å². The molecule has 1 N–H and O–H groups in total. The van der Waals surface area contributed by atoms with E-state index in [1.807, 2.05) is 0 Å². The van der Waals surface area contributed by atoms with Gasteiger partial charge in [-0.25, -0.2) is 0 Å². The first-order valence-electron chi connectivity index (χ1n) is 8.26. The fourth-order valence-electron chi connectivity index (χ4n) is 4.84. The van der Waals surface area contributed by atoms with Crippen LogP contribution in [0.2, 0.25) is 0 Å². The molecule has 4 heterocycles. The third kappa shape index (κ3) is 2.15. The van der Waals surface area contributed by atoms with Crippen LogP contribution >= 0.6 is 11.3 Å². The molecule has 2 bridgehead atoms. The van der Waals surface area contributed by atoms with Gasteiger partial charge in [0.25, 0.3) is 0 Å². The van der Waals surface area contributed by atoms with E-state index in [2.05, 4.69) is 47.5 Å². The van der Waals surface area contributed by atoms with E-state index in [-0.39, 0.29) is 0 Å². The molecule has 0 aromatic carbocycles. The maximum atomic E-state index is 3.61. The highest BCUT2D eigenvalue weighted by Crippen LogP contribution is 2.48. The lowest BCUT2D eigenvalue weighted by atomic mass is 9.82. The molecule has 0 saturated carbocycles. The van der Waals surface area contributed by atoms with Crippen molar-refractivity contribution in [2.45, 2.75) is 51.7 Å². The van der Waals surface area contributed by atoms with Crippen molar-refractivity contribution in [3.05, 3.63) is 21.9 Å². The molecule has 0 amide bonds. The lowest BCUT2D eigenvalue weighted by molar-refractivity contribution is 0.220. The van der Waals surface area contributed by atoms with Crippen LogP contribution in [0.4, 0.5) is 0 Å². The molecule has 1 aromatic rings. The molecule has 20 heavy (non-hydrogen) atoms. The van der Waals surface area contributed by atoms with Gasteiger partial charge in [0.1, 0.15) is 0 Å². The predicted molar refractivity (Wildman–Crippen MR) is 85.1 cm³/mol. The fraction of sp³-hybridized carbons (Fsp3) is 0.765. The number of thiophene rings is 1. The fourth-order valence-corrected chi connectivity index (χ4v) is 6.07. The number of nitrogens with one attached hydrogen (secondary N) is 1. The second-order valence-electron chi connectivity index (χ2n) is 7.34. The molecule has 4 rings (SSSR count). The number of hydrogen-bond donors (Lipinski definition) is 1. The first kappa shape index (κ1) is 13.3. The van der Waals surface area contributed by atoms with Gasteiger partial charge in [-0.15, -0.1) is 11.3 Å². The summed E-state index contributed by atoms with van der Waals surface area (Å²) in [4.78, 5) is 6.01. The normalized spacial score (nSPS) is 36.1. The first-order chi connectivity index (χ1) is 9.72. The van der Waals surface area contributed by atoms with Crippen molar-refractivity contribution in [3.8, 4) is 0 Å². The molecule has 3 heteroatoms. The molecule has 3 fully saturated rings. The van der Waals surface area contributed by atoms with Gasteiger partial charge in [-0.1, -0.05) is 13.8 Å². The summed E-state index contributed by atoms with van der Waals surface area (Å²) >= 11 is 2.05. The van der Waals surface area contributed by atoms with E-state index in [9.17, 15) is 0 Å². The summed E-state index contributed by atoms with van der Waals surface area (Å²) in [7, 11) is 0. The molecule has 3 aliphatic heterocycles. The van der Waals surface area contributed by atoms with Gasteiger partial charge in [-0.05, 0) is 62.2 Å². The van der Waals surface area contributed by atoms with Gasteiger partial charge in [0.15, 0.2) is 0 Å². The largest absolute Gasteiger partial charge is 0.316 e. The van der Waals surface area contributed by atoms with E-state index in [1.165, 1.54) is 38.9 Å². The Hall–Kier alpha value is -0.380. The minimum Gasteiger partial charge on any atom is -0.316 e. The highest BCUT2D eigenvalue weighted by molar-refractivity contribution is 7.11. The Bertz CT molecular complexity index is 463. The van der Waals surface area contributed by atoms with Gasteiger partial charge in [0.2, 0.25) is 0 Å². The quantitative estimate of drug-likeness (QED) is 0.916. The third-order valence-electron chi connectivity index (χ3n) is 5.57. The van der Waals surface area contributed by atoms with E-state index < -0.39 is 0 Å². The molecule has 110 valence electrons. The van der Waals surface area contributed by atoms with Gasteiger partial charge < -0.3 is 5.32 Å². The first-order valence-corrected chi connectivity index (χ1v) is 9.08. The summed E-state index contributed by atoms with van der Waals surface area (Å²) in [6.07, 6.45) is 4.13. The second kappa shape index (κ2) is 5.11. The maximum Gasteiger partial charge on any atom is 0.0334 e. The van der Waals surface area contributed by atoms with Crippen molar-refractivity contribution in [1.82, 2.24) is 10.2 Å². The molecule has 0 spiro atoms. The number of rotatable bonds is 4. The highest BCUT2D eigenvalue weighted by atomic mass is 32.1. The molecule has 4 atom stereocenters. The van der Waals surface area contributed by atoms with Crippen LogP contribution in [0, 0.1) is 17.8 Å². The Morgan fingerprint density at radius 2 is 1.80 bits per heavy atom. The molecule has 0 aliphatic carbocycles. The molecule has 0 unspecified atom stereocenters. The van der Waals surface area contributed by atoms with Gasteiger partial charge >= 0.3 is 0 Å². The van der Waals surface area contributed by atoms with Gasteiger partial charge in [-0.3, -0.25) is 4.90 Å². The van der Waals surface area contributed by atoms with Crippen LogP contribution < -0.4 is 5.32 Å². The Morgan fingerprint density at radius 3 is 2.45 bits per heavy atom. The average Bonchev–Trinajstić information content (AvgIpc) is 3.12. The van der Waals surface area contributed by atoms with Crippen molar-refractivity contribution < 1.29 is 0 Å². The van der Waals surface area contributed by atoms with Crippen molar-refractivity contribution in [2.24, 2.45) is 17.8 Å². The van der Waals surface area contributed by atoms with Gasteiger partial charge in [-0.2, -0.15) is 0 Å². The molecular formula is C17H26N2S. The molecule has 2 nitrogen and oxygen atoms in total. The van der Waals surface area contributed by atoms with Crippen molar-refractivity contribution in [2.75, 3.05) is 13.1 Å². The molecule has 3 saturated heterocycles. The number of fused-ring (bicyclic) bond motifs is 5. The minimum atomic E-state index is 0.773. The van der Waals surface area contributed by atoms with E-state index in [0.717, 1.165) is 29.8 Å².